The Kier molecular flexibility index (Phi) is 5.98. The Bertz CT molecular complexity index is 579. The molecule has 1 atom stereocenters. The van der Waals surface area contributed by atoms with Gasteiger partial charge in [-0.05, 0) is 48.7 Å². The summed E-state index contributed by atoms with van der Waals surface area (Å²) in [7, 11) is 0. The van der Waals surface area contributed by atoms with Gasteiger partial charge in [0.05, 0.1) is 0 Å². The molecule has 0 radical (unpaired) electrons. The van der Waals surface area contributed by atoms with Gasteiger partial charge >= 0.3 is 5.51 Å². The Labute approximate surface area is 135 Å². The van der Waals surface area contributed by atoms with Crippen LogP contribution >= 0.6 is 24.0 Å². The van der Waals surface area contributed by atoms with Gasteiger partial charge in [-0.25, -0.2) is 0 Å². The molecule has 118 valence electrons. The lowest BCUT2D eigenvalue weighted by Crippen LogP contribution is -2.10. The molecule has 8 heteroatoms. The summed E-state index contributed by atoms with van der Waals surface area (Å²) in [4.78, 5) is 5.00. The Hall–Kier alpha value is -1.38. The summed E-state index contributed by atoms with van der Waals surface area (Å²) >= 11 is 0.926. The minimum absolute atomic E-state index is 0.0227. The SMILES string of the molecule is CC(NSc1cccnc1)c1ccc(OSC(F)(F)F)cc1. The molecule has 22 heavy (non-hydrogen) atoms. The highest BCUT2D eigenvalue weighted by molar-refractivity contribution is 7.97. The largest absolute Gasteiger partial charge is 0.479 e. The van der Waals surface area contributed by atoms with Crippen molar-refractivity contribution in [1.29, 1.82) is 0 Å². The average Bonchev–Trinajstić information content (AvgIpc) is 2.51. The van der Waals surface area contributed by atoms with Crippen LogP contribution in [0.15, 0.2) is 53.7 Å². The quantitative estimate of drug-likeness (QED) is 0.589. The minimum atomic E-state index is -4.41. The smallest absolute Gasteiger partial charge is 0.417 e. The van der Waals surface area contributed by atoms with Gasteiger partial charge in [0.2, 0.25) is 0 Å². The number of aromatic nitrogens is 1. The lowest BCUT2D eigenvalue weighted by molar-refractivity contribution is -0.0369. The summed E-state index contributed by atoms with van der Waals surface area (Å²) in [5, 5.41) is 0. The van der Waals surface area contributed by atoms with Crippen LogP contribution in [0.2, 0.25) is 0 Å². The fourth-order valence-corrected chi connectivity index (χ4v) is 2.55. The molecule has 0 bridgehead atoms. The molecule has 3 nitrogen and oxygen atoms in total. The van der Waals surface area contributed by atoms with Crippen molar-refractivity contribution in [2.24, 2.45) is 0 Å². The van der Waals surface area contributed by atoms with Gasteiger partial charge in [0.15, 0.2) is 12.0 Å². The zero-order valence-corrected chi connectivity index (χ0v) is 13.1. The zero-order valence-electron chi connectivity index (χ0n) is 11.5. The molecule has 1 aromatic carbocycles. The fourth-order valence-electron chi connectivity index (χ4n) is 1.54. The van der Waals surface area contributed by atoms with Crippen molar-refractivity contribution in [2.45, 2.75) is 23.4 Å². The third-order valence-electron chi connectivity index (χ3n) is 2.60. The molecule has 0 aliphatic carbocycles. The lowest BCUT2D eigenvalue weighted by Gasteiger charge is -2.14. The van der Waals surface area contributed by atoms with Crippen LogP contribution in [-0.4, -0.2) is 10.5 Å². The second-order valence-corrected chi connectivity index (χ2v) is 6.02. The molecule has 0 saturated carbocycles. The van der Waals surface area contributed by atoms with Crippen LogP contribution in [0, 0.1) is 0 Å². The van der Waals surface area contributed by atoms with Crippen LogP contribution in [-0.2, 0) is 0 Å². The molecule has 1 heterocycles. The van der Waals surface area contributed by atoms with Gasteiger partial charge in [-0.3, -0.25) is 9.71 Å². The van der Waals surface area contributed by atoms with E-state index in [0.29, 0.717) is 0 Å². The van der Waals surface area contributed by atoms with Crippen LogP contribution in [0.5, 0.6) is 5.75 Å². The van der Waals surface area contributed by atoms with E-state index >= 15 is 0 Å². The van der Waals surface area contributed by atoms with Gasteiger partial charge in [0.25, 0.3) is 0 Å². The van der Waals surface area contributed by atoms with Gasteiger partial charge in [0, 0.05) is 23.3 Å². The Balaban J connectivity index is 1.86. The molecule has 1 N–H and O–H groups in total. The van der Waals surface area contributed by atoms with Crippen molar-refractivity contribution in [1.82, 2.24) is 9.71 Å². The summed E-state index contributed by atoms with van der Waals surface area (Å²) in [6, 6.07) is 10.3. The highest BCUT2D eigenvalue weighted by Gasteiger charge is 2.31. The first-order valence-corrected chi connectivity index (χ1v) is 7.84. The molecular weight excluding hydrogens is 333 g/mol. The molecule has 0 fully saturated rings. The van der Waals surface area contributed by atoms with Crippen molar-refractivity contribution < 1.29 is 17.4 Å². The normalized spacial score (nSPS) is 12.9. The van der Waals surface area contributed by atoms with Crippen molar-refractivity contribution in [3.05, 3.63) is 54.4 Å². The molecule has 2 aromatic rings. The van der Waals surface area contributed by atoms with E-state index in [1.807, 2.05) is 19.1 Å². The first-order valence-electron chi connectivity index (χ1n) is 6.29. The van der Waals surface area contributed by atoms with Crippen molar-refractivity contribution in [3.8, 4) is 5.75 Å². The lowest BCUT2D eigenvalue weighted by atomic mass is 10.1. The standard InChI is InChI=1S/C14H13F3N2OS2/c1-10(19-21-13-3-2-8-18-9-13)11-4-6-12(7-5-11)20-22-14(15,16)17/h2-10,19H,1H3. The van der Waals surface area contributed by atoms with E-state index in [9.17, 15) is 13.2 Å². The first kappa shape index (κ1) is 17.0. The Morgan fingerprint density at radius 1 is 1.18 bits per heavy atom. The highest BCUT2D eigenvalue weighted by Crippen LogP contribution is 2.32. The molecule has 2 rings (SSSR count). The molecule has 0 spiro atoms. The molecule has 0 saturated heterocycles. The minimum Gasteiger partial charge on any atom is -0.417 e. The van der Waals surface area contributed by atoms with Gasteiger partial charge < -0.3 is 4.18 Å². The maximum atomic E-state index is 12.0. The van der Waals surface area contributed by atoms with Gasteiger partial charge in [-0.15, -0.1) is 0 Å². The average molecular weight is 346 g/mol. The number of hydrogen-bond donors (Lipinski definition) is 1. The molecule has 1 aromatic heterocycles. The number of nitrogens with one attached hydrogen (secondary N) is 1. The van der Waals surface area contributed by atoms with E-state index in [0.717, 1.165) is 10.5 Å². The highest BCUT2D eigenvalue weighted by atomic mass is 32.2. The second-order valence-electron chi connectivity index (χ2n) is 4.31. The van der Waals surface area contributed by atoms with E-state index in [1.54, 1.807) is 24.5 Å². The van der Waals surface area contributed by atoms with Crippen molar-refractivity contribution in [2.75, 3.05) is 0 Å². The third kappa shape index (κ3) is 5.78. The number of halogens is 3. The third-order valence-corrected chi connectivity index (χ3v) is 4.01. The number of pyridine rings is 1. The van der Waals surface area contributed by atoms with Crippen LogP contribution in [0.1, 0.15) is 18.5 Å². The fraction of sp³-hybridized carbons (Fsp3) is 0.214. The predicted molar refractivity (Wildman–Crippen MR) is 82.4 cm³/mol. The Morgan fingerprint density at radius 2 is 1.91 bits per heavy atom. The number of alkyl halides is 3. The molecule has 0 aliphatic rings. The van der Waals surface area contributed by atoms with Crippen molar-refractivity contribution in [3.63, 3.8) is 0 Å². The van der Waals surface area contributed by atoms with E-state index in [1.165, 1.54) is 24.1 Å². The number of rotatable bonds is 6. The van der Waals surface area contributed by atoms with E-state index in [-0.39, 0.29) is 11.8 Å². The second kappa shape index (κ2) is 7.75. The summed E-state index contributed by atoms with van der Waals surface area (Å²) in [5.41, 5.74) is -3.46. The molecule has 0 amide bonds. The summed E-state index contributed by atoms with van der Waals surface area (Å²) in [6.07, 6.45) is 3.45. The predicted octanol–water partition coefficient (Wildman–Crippen LogP) is 4.99. The first-order chi connectivity index (χ1) is 10.4. The van der Waals surface area contributed by atoms with E-state index in [2.05, 4.69) is 13.9 Å². The molecule has 0 aliphatic heterocycles. The van der Waals surface area contributed by atoms with Crippen LogP contribution < -0.4 is 8.91 Å². The topological polar surface area (TPSA) is 34.2 Å². The van der Waals surface area contributed by atoms with Gasteiger partial charge in [-0.1, -0.05) is 12.1 Å². The monoisotopic (exact) mass is 346 g/mol. The molecule has 1 unspecified atom stereocenters. The summed E-state index contributed by atoms with van der Waals surface area (Å²) < 4.78 is 43.9. The van der Waals surface area contributed by atoms with Crippen LogP contribution in [0.3, 0.4) is 0 Å². The van der Waals surface area contributed by atoms with Crippen LogP contribution in [0.4, 0.5) is 13.2 Å². The van der Waals surface area contributed by atoms with Gasteiger partial charge in [-0.2, -0.15) is 13.2 Å². The zero-order chi connectivity index (χ0) is 16.0. The number of benzene rings is 1. The van der Waals surface area contributed by atoms with Crippen LogP contribution in [0.25, 0.3) is 0 Å². The summed E-state index contributed by atoms with van der Waals surface area (Å²) in [5.74, 6) is 0.165. The summed E-state index contributed by atoms with van der Waals surface area (Å²) in [6.45, 7) is 1.96. The maximum Gasteiger partial charge on any atom is 0.479 e. The van der Waals surface area contributed by atoms with E-state index in [4.69, 9.17) is 0 Å². The Morgan fingerprint density at radius 3 is 2.50 bits per heavy atom. The van der Waals surface area contributed by atoms with Gasteiger partial charge in [0.1, 0.15) is 5.75 Å². The molecular formula is C14H13F3N2OS2. The van der Waals surface area contributed by atoms with E-state index < -0.39 is 17.6 Å². The number of nitrogens with zero attached hydrogens (tertiary/aromatic N) is 1. The maximum absolute atomic E-state index is 12.0. The van der Waals surface area contributed by atoms with Crippen molar-refractivity contribution >= 4 is 24.0 Å². The number of hydrogen-bond acceptors (Lipinski definition) is 5.